The van der Waals surface area contributed by atoms with Crippen LogP contribution in [0.15, 0.2) is 29.8 Å². The van der Waals surface area contributed by atoms with Gasteiger partial charge < -0.3 is 50.0 Å². The summed E-state index contributed by atoms with van der Waals surface area (Å²) in [7, 11) is 1.86. The van der Waals surface area contributed by atoms with Gasteiger partial charge in [-0.3, -0.25) is 14.4 Å². The minimum atomic E-state index is -1.76. The van der Waals surface area contributed by atoms with Crippen molar-refractivity contribution in [3.8, 4) is 10.4 Å². The minimum Gasteiger partial charge on any atom is -0.391 e. The number of nitrogens with zero attached hydrogens (tertiary/aromatic N) is 2. The second-order valence-corrected chi connectivity index (χ2v) is 14.0. The third-order valence-electron chi connectivity index (χ3n) is 7.95. The van der Waals surface area contributed by atoms with E-state index in [9.17, 15) is 24.6 Å². The van der Waals surface area contributed by atoms with Crippen molar-refractivity contribution in [2.24, 2.45) is 5.41 Å². The van der Waals surface area contributed by atoms with E-state index in [-0.39, 0.29) is 32.8 Å². The standard InChI is InChI=1S/C34H53N5O9S/c1-23-29(49-22-36-23)24-7-9-25(10-8-24)34(5,44)38-31(42)27-19-26(40)20-39(27)32(43)30(33(2,3)4)37-28(41)21-48-18-17-47-16-15-46-14-13-45-12-11-35-6/h7-10,22,26-27,30,35,40,44H,11-21H2,1-6H3,(H,37,41)(H,38,42)/t26-,27+,30-,34-/m1/s1. The van der Waals surface area contributed by atoms with E-state index in [4.69, 9.17) is 18.9 Å². The summed E-state index contributed by atoms with van der Waals surface area (Å²) in [5.41, 5.74) is 1.57. The number of aromatic nitrogens is 1. The molecule has 274 valence electrons. The molecule has 2 heterocycles. The Hall–Kier alpha value is -3.02. The van der Waals surface area contributed by atoms with Crippen LogP contribution < -0.4 is 16.0 Å². The highest BCUT2D eigenvalue weighted by atomic mass is 32.1. The predicted octanol–water partition coefficient (Wildman–Crippen LogP) is 1.18. The van der Waals surface area contributed by atoms with Gasteiger partial charge in [-0.25, -0.2) is 4.98 Å². The molecule has 1 aromatic heterocycles. The predicted molar refractivity (Wildman–Crippen MR) is 185 cm³/mol. The van der Waals surface area contributed by atoms with E-state index < -0.39 is 47.0 Å². The average Bonchev–Trinajstić information content (AvgIpc) is 3.66. The molecular formula is C34H53N5O9S. The number of aliphatic hydroxyl groups excluding tert-OH is 1. The molecule has 14 nitrogen and oxygen atoms in total. The van der Waals surface area contributed by atoms with Crippen LogP contribution in [0.1, 0.15) is 45.4 Å². The van der Waals surface area contributed by atoms with Crippen molar-refractivity contribution >= 4 is 29.1 Å². The molecule has 2 aromatic rings. The fourth-order valence-electron chi connectivity index (χ4n) is 5.24. The number of amides is 3. The molecule has 0 radical (unpaired) electrons. The van der Waals surface area contributed by atoms with Crippen molar-refractivity contribution in [2.75, 3.05) is 73.0 Å². The first kappa shape index (κ1) is 40.4. The number of nitrogens with one attached hydrogen (secondary N) is 3. The molecule has 4 atom stereocenters. The Kier molecular flexibility index (Phi) is 16.0. The Morgan fingerprint density at radius 3 is 2.12 bits per heavy atom. The Morgan fingerprint density at radius 2 is 1.57 bits per heavy atom. The highest BCUT2D eigenvalue weighted by molar-refractivity contribution is 7.13. The van der Waals surface area contributed by atoms with Crippen LogP contribution in [-0.2, 0) is 39.1 Å². The molecule has 3 amide bonds. The summed E-state index contributed by atoms with van der Waals surface area (Å²) in [5, 5.41) is 30.1. The molecule has 0 unspecified atom stereocenters. The van der Waals surface area contributed by atoms with Gasteiger partial charge in [0.2, 0.25) is 17.7 Å². The van der Waals surface area contributed by atoms with Crippen LogP contribution in [0.4, 0.5) is 0 Å². The van der Waals surface area contributed by atoms with Gasteiger partial charge in [0, 0.05) is 25.1 Å². The second-order valence-electron chi connectivity index (χ2n) is 13.2. The summed E-state index contributed by atoms with van der Waals surface area (Å²) in [5.74, 6) is -1.64. The first-order valence-electron chi connectivity index (χ1n) is 16.5. The Labute approximate surface area is 292 Å². The van der Waals surface area contributed by atoms with Crippen molar-refractivity contribution in [3.05, 3.63) is 41.0 Å². The van der Waals surface area contributed by atoms with Gasteiger partial charge in [0.15, 0.2) is 5.72 Å². The molecule has 1 aliphatic rings. The van der Waals surface area contributed by atoms with Crippen LogP contribution in [0.25, 0.3) is 10.4 Å². The molecule has 49 heavy (non-hydrogen) atoms. The van der Waals surface area contributed by atoms with Crippen LogP contribution in [0, 0.1) is 12.3 Å². The summed E-state index contributed by atoms with van der Waals surface area (Å²) in [6.07, 6.45) is -0.964. The fourth-order valence-corrected chi connectivity index (χ4v) is 6.05. The van der Waals surface area contributed by atoms with Gasteiger partial charge in [-0.15, -0.1) is 11.3 Å². The molecule has 0 aliphatic carbocycles. The molecule has 0 spiro atoms. The number of thiazole rings is 1. The SMILES string of the molecule is CNCCOCCOCCOCCOCC(=O)N[C@H](C(=O)N1C[C@H](O)C[C@H]1C(=O)N[C@](C)(O)c1ccc(-c2scnc2C)cc1)C(C)(C)C. The summed E-state index contributed by atoms with van der Waals surface area (Å²) in [6.45, 7) is 12.0. The number of hydrogen-bond acceptors (Lipinski definition) is 12. The highest BCUT2D eigenvalue weighted by Crippen LogP contribution is 2.30. The van der Waals surface area contributed by atoms with Gasteiger partial charge in [0.05, 0.1) is 68.4 Å². The van der Waals surface area contributed by atoms with Gasteiger partial charge in [-0.2, -0.15) is 0 Å². The van der Waals surface area contributed by atoms with E-state index in [0.717, 1.165) is 22.7 Å². The monoisotopic (exact) mass is 707 g/mol. The maximum atomic E-state index is 13.9. The first-order valence-corrected chi connectivity index (χ1v) is 17.4. The lowest BCUT2D eigenvalue weighted by molar-refractivity contribution is -0.146. The molecular weight excluding hydrogens is 654 g/mol. The van der Waals surface area contributed by atoms with Crippen LogP contribution in [0.2, 0.25) is 0 Å². The zero-order chi connectivity index (χ0) is 36.0. The molecule has 1 saturated heterocycles. The number of likely N-dealkylation sites (N-methyl/N-ethyl adjacent to an activating group) is 1. The Bertz CT molecular complexity index is 1330. The molecule has 0 bridgehead atoms. The number of carbonyl (C=O) groups excluding carboxylic acids is 3. The molecule has 0 saturated carbocycles. The number of rotatable bonds is 20. The first-order chi connectivity index (χ1) is 23.2. The summed E-state index contributed by atoms with van der Waals surface area (Å²) >= 11 is 1.51. The number of ether oxygens (including phenoxy) is 4. The van der Waals surface area contributed by atoms with Crippen LogP contribution in [-0.4, -0.2) is 129 Å². The minimum absolute atomic E-state index is 0.0132. The Morgan fingerprint density at radius 1 is 0.980 bits per heavy atom. The van der Waals surface area contributed by atoms with E-state index >= 15 is 0 Å². The summed E-state index contributed by atoms with van der Waals surface area (Å²) < 4.78 is 21.7. The zero-order valence-corrected chi connectivity index (χ0v) is 30.3. The molecule has 3 rings (SSSR count). The van der Waals surface area contributed by atoms with Gasteiger partial charge in [0.25, 0.3) is 0 Å². The number of β-amino-alcohol motifs (C(OH)–C–C–N with tert-alkyl or cyclic N) is 1. The van der Waals surface area contributed by atoms with Crippen molar-refractivity contribution in [1.29, 1.82) is 0 Å². The quantitative estimate of drug-likeness (QED) is 0.0986. The topological polar surface area (TPSA) is 181 Å². The lowest BCUT2D eigenvalue weighted by Gasteiger charge is -2.36. The van der Waals surface area contributed by atoms with Crippen LogP contribution >= 0.6 is 11.3 Å². The average molecular weight is 708 g/mol. The van der Waals surface area contributed by atoms with Gasteiger partial charge in [-0.05, 0) is 31.9 Å². The summed E-state index contributed by atoms with van der Waals surface area (Å²) in [6, 6.07) is 5.07. The normalized spacial score (nSPS) is 18.2. The van der Waals surface area contributed by atoms with Gasteiger partial charge in [0.1, 0.15) is 18.7 Å². The lowest BCUT2D eigenvalue weighted by atomic mass is 9.85. The lowest BCUT2D eigenvalue weighted by Crippen LogP contribution is -2.59. The van der Waals surface area contributed by atoms with E-state index in [1.165, 1.54) is 23.2 Å². The van der Waals surface area contributed by atoms with E-state index in [1.54, 1.807) is 38.4 Å². The Balaban J connectivity index is 1.49. The number of carbonyl (C=O) groups is 3. The zero-order valence-electron chi connectivity index (χ0n) is 29.5. The number of aliphatic hydroxyl groups is 2. The number of benzene rings is 1. The van der Waals surface area contributed by atoms with Crippen molar-refractivity contribution < 1.29 is 43.5 Å². The van der Waals surface area contributed by atoms with E-state index in [2.05, 4.69) is 20.9 Å². The van der Waals surface area contributed by atoms with E-state index in [1.807, 2.05) is 26.1 Å². The van der Waals surface area contributed by atoms with Crippen molar-refractivity contribution in [1.82, 2.24) is 25.8 Å². The van der Waals surface area contributed by atoms with Crippen LogP contribution in [0.3, 0.4) is 0 Å². The van der Waals surface area contributed by atoms with Gasteiger partial charge >= 0.3 is 0 Å². The molecule has 1 aliphatic heterocycles. The number of likely N-dealkylation sites (tertiary alicyclic amines) is 1. The third kappa shape index (κ3) is 12.7. The smallest absolute Gasteiger partial charge is 0.246 e. The van der Waals surface area contributed by atoms with Crippen molar-refractivity contribution in [3.63, 3.8) is 0 Å². The molecule has 1 fully saturated rings. The molecule has 5 N–H and O–H groups in total. The van der Waals surface area contributed by atoms with E-state index in [0.29, 0.717) is 38.6 Å². The molecule has 1 aromatic carbocycles. The third-order valence-corrected chi connectivity index (χ3v) is 8.93. The number of aryl methyl sites for hydroxylation is 1. The number of hydrogen-bond donors (Lipinski definition) is 5. The van der Waals surface area contributed by atoms with Crippen molar-refractivity contribution in [2.45, 2.75) is 65.0 Å². The molecule has 15 heteroatoms. The second kappa shape index (κ2) is 19.4. The summed E-state index contributed by atoms with van der Waals surface area (Å²) in [4.78, 5) is 46.8. The largest absolute Gasteiger partial charge is 0.391 e. The van der Waals surface area contributed by atoms with Crippen LogP contribution in [0.5, 0.6) is 0 Å². The highest BCUT2D eigenvalue weighted by Gasteiger charge is 2.45. The maximum Gasteiger partial charge on any atom is 0.246 e. The van der Waals surface area contributed by atoms with Gasteiger partial charge in [-0.1, -0.05) is 45.0 Å². The maximum absolute atomic E-state index is 13.9. The fraction of sp³-hybridized carbons (Fsp3) is 0.647.